The molecule has 0 bridgehead atoms. The molecule has 1 aromatic carbocycles. The third kappa shape index (κ3) is 14.5. The van der Waals surface area contributed by atoms with Crippen LogP contribution in [0.1, 0.15) is 61.0 Å². The van der Waals surface area contributed by atoms with Crippen molar-refractivity contribution in [1.82, 2.24) is 0 Å². The van der Waals surface area contributed by atoms with Crippen molar-refractivity contribution >= 4 is 28.2 Å². The smallest absolute Gasteiger partial charge is 0.387 e. The molecule has 0 heterocycles. The SMILES string of the molecule is CC.CC(C)(C)S(=O)/N=C/c1cccc(OC(F)F)c1.CC(C)(C)S(N)=O. The van der Waals surface area contributed by atoms with Gasteiger partial charge in [-0.25, -0.2) is 8.42 Å². The lowest BCUT2D eigenvalue weighted by Gasteiger charge is -2.12. The van der Waals surface area contributed by atoms with E-state index in [4.69, 9.17) is 5.14 Å². The number of hydrogen-bond donors (Lipinski definition) is 1. The second kappa shape index (κ2) is 13.1. The van der Waals surface area contributed by atoms with Crippen LogP contribution in [0.25, 0.3) is 0 Å². The Morgan fingerprint density at radius 2 is 1.56 bits per heavy atom. The molecule has 2 N–H and O–H groups in total. The van der Waals surface area contributed by atoms with Crippen LogP contribution in [-0.4, -0.2) is 30.7 Å². The van der Waals surface area contributed by atoms with Gasteiger partial charge in [0.1, 0.15) is 16.7 Å². The maximum atomic E-state index is 12.0. The number of halogens is 2. The van der Waals surface area contributed by atoms with Crippen LogP contribution in [0.3, 0.4) is 0 Å². The number of alkyl halides is 2. The fourth-order valence-corrected chi connectivity index (χ4v) is 1.57. The lowest BCUT2D eigenvalue weighted by molar-refractivity contribution is -0.0498. The Labute approximate surface area is 167 Å². The molecule has 2 unspecified atom stereocenters. The van der Waals surface area contributed by atoms with Crippen LogP contribution in [0.5, 0.6) is 5.75 Å². The predicted octanol–water partition coefficient (Wildman–Crippen LogP) is 4.60. The monoisotopic (exact) mass is 426 g/mol. The van der Waals surface area contributed by atoms with Gasteiger partial charge >= 0.3 is 6.61 Å². The molecule has 0 aliphatic heterocycles. The van der Waals surface area contributed by atoms with Gasteiger partial charge in [0, 0.05) is 6.21 Å². The Bertz CT molecular complexity index is 626. The quantitative estimate of drug-likeness (QED) is 0.714. The summed E-state index contributed by atoms with van der Waals surface area (Å²) in [6.07, 6.45) is 1.39. The summed E-state index contributed by atoms with van der Waals surface area (Å²) in [5.41, 5.74) is 0.561. The third-order valence-corrected chi connectivity index (χ3v) is 5.06. The summed E-state index contributed by atoms with van der Waals surface area (Å²) in [6, 6.07) is 6.07. The fourth-order valence-electron chi connectivity index (χ4n) is 1.04. The highest BCUT2D eigenvalue weighted by atomic mass is 32.2. The molecule has 0 radical (unpaired) electrons. The molecule has 0 aliphatic rings. The highest BCUT2D eigenvalue weighted by molar-refractivity contribution is 7.85. The van der Waals surface area contributed by atoms with E-state index < -0.39 is 33.3 Å². The Balaban J connectivity index is 0. The summed E-state index contributed by atoms with van der Waals surface area (Å²) in [6.45, 7) is 12.1. The number of benzene rings is 1. The third-order valence-electron chi connectivity index (χ3n) is 2.51. The average Bonchev–Trinajstić information content (AvgIpc) is 2.53. The number of rotatable bonds is 4. The van der Waals surface area contributed by atoms with E-state index in [1.807, 2.05) is 34.6 Å². The molecule has 9 heteroatoms. The molecule has 0 saturated carbocycles. The Kier molecular flexibility index (Phi) is 13.6. The van der Waals surface area contributed by atoms with Gasteiger partial charge in [-0.1, -0.05) is 26.0 Å². The summed E-state index contributed by atoms with van der Waals surface area (Å²) < 4.78 is 53.5. The van der Waals surface area contributed by atoms with Crippen molar-refractivity contribution in [1.29, 1.82) is 0 Å². The first-order valence-corrected chi connectivity index (χ1v) is 10.7. The molecule has 0 amide bonds. The van der Waals surface area contributed by atoms with Crippen LogP contribution in [0.4, 0.5) is 8.78 Å². The zero-order valence-corrected chi connectivity index (χ0v) is 18.9. The van der Waals surface area contributed by atoms with Crippen molar-refractivity contribution in [3.8, 4) is 5.75 Å². The van der Waals surface area contributed by atoms with Crippen LogP contribution in [0, 0.1) is 0 Å². The molecular weight excluding hydrogens is 394 g/mol. The van der Waals surface area contributed by atoms with Gasteiger partial charge in [0.2, 0.25) is 0 Å². The zero-order valence-electron chi connectivity index (χ0n) is 17.3. The minimum absolute atomic E-state index is 0.0514. The van der Waals surface area contributed by atoms with Gasteiger partial charge in [0.05, 0.1) is 20.5 Å². The minimum atomic E-state index is -2.86. The largest absolute Gasteiger partial charge is 0.435 e. The molecule has 0 spiro atoms. The van der Waals surface area contributed by atoms with E-state index in [-0.39, 0.29) is 10.5 Å². The first-order chi connectivity index (χ1) is 12.2. The molecule has 0 aromatic heterocycles. The van der Waals surface area contributed by atoms with Gasteiger partial charge < -0.3 is 4.74 Å². The van der Waals surface area contributed by atoms with Gasteiger partial charge in [-0.15, -0.1) is 0 Å². The molecule has 0 fully saturated rings. The maximum absolute atomic E-state index is 12.0. The van der Waals surface area contributed by atoms with Gasteiger partial charge in [0.15, 0.2) is 0 Å². The summed E-state index contributed by atoms with van der Waals surface area (Å²) in [7, 11) is -2.56. The molecular formula is C18H32F2N2O3S2. The van der Waals surface area contributed by atoms with Crippen LogP contribution in [-0.2, 0) is 22.0 Å². The molecule has 2 atom stereocenters. The summed E-state index contributed by atoms with van der Waals surface area (Å²) in [5.74, 6) is 0.0514. The van der Waals surface area contributed by atoms with E-state index in [0.29, 0.717) is 5.56 Å². The first kappa shape index (κ1) is 28.0. The van der Waals surface area contributed by atoms with E-state index in [2.05, 4.69) is 9.13 Å². The number of nitrogens with two attached hydrogens (primary N) is 1. The predicted molar refractivity (Wildman–Crippen MR) is 112 cm³/mol. The maximum Gasteiger partial charge on any atom is 0.387 e. The Hall–Kier alpha value is -1.19. The van der Waals surface area contributed by atoms with Crippen molar-refractivity contribution in [3.05, 3.63) is 29.8 Å². The number of hydrogen-bond acceptors (Lipinski definition) is 3. The van der Waals surface area contributed by atoms with Crippen molar-refractivity contribution in [2.75, 3.05) is 0 Å². The van der Waals surface area contributed by atoms with Crippen molar-refractivity contribution < 1.29 is 21.9 Å². The van der Waals surface area contributed by atoms with Gasteiger partial charge in [0.25, 0.3) is 0 Å². The summed E-state index contributed by atoms with van der Waals surface area (Å²) in [4.78, 5) is 0. The summed E-state index contributed by atoms with van der Waals surface area (Å²) >= 11 is 0. The second-order valence-corrected chi connectivity index (χ2v) is 10.7. The second-order valence-electron chi connectivity index (χ2n) is 6.96. The number of ether oxygens (including phenoxy) is 1. The van der Waals surface area contributed by atoms with E-state index in [1.54, 1.807) is 32.9 Å². The molecule has 27 heavy (non-hydrogen) atoms. The zero-order chi connectivity index (χ0) is 21.8. The topological polar surface area (TPSA) is 81.8 Å². The summed E-state index contributed by atoms with van der Waals surface area (Å²) in [5, 5.41) is 5.04. The van der Waals surface area contributed by atoms with Crippen molar-refractivity contribution in [3.63, 3.8) is 0 Å². The first-order valence-electron chi connectivity index (χ1n) is 8.40. The molecule has 5 nitrogen and oxygen atoms in total. The van der Waals surface area contributed by atoms with Gasteiger partial charge in [-0.05, 0) is 59.2 Å². The molecule has 0 saturated heterocycles. The average molecular weight is 427 g/mol. The molecule has 1 aromatic rings. The highest BCUT2D eigenvalue weighted by Gasteiger charge is 2.18. The fraction of sp³-hybridized carbons (Fsp3) is 0.611. The van der Waals surface area contributed by atoms with Crippen molar-refractivity contribution in [2.45, 2.75) is 71.5 Å². The van der Waals surface area contributed by atoms with E-state index in [0.717, 1.165) is 0 Å². The molecule has 158 valence electrons. The molecule has 1 rings (SSSR count). The lowest BCUT2D eigenvalue weighted by atomic mass is 10.2. The lowest BCUT2D eigenvalue weighted by Crippen LogP contribution is -2.27. The van der Waals surface area contributed by atoms with Gasteiger partial charge in [-0.3, -0.25) is 5.14 Å². The number of nitrogens with zero attached hydrogens (tertiary/aromatic N) is 1. The van der Waals surface area contributed by atoms with E-state index in [1.165, 1.54) is 18.3 Å². The van der Waals surface area contributed by atoms with Gasteiger partial charge in [-0.2, -0.15) is 13.2 Å². The van der Waals surface area contributed by atoms with Crippen molar-refractivity contribution in [2.24, 2.45) is 9.54 Å². The van der Waals surface area contributed by atoms with Crippen LogP contribution >= 0.6 is 0 Å². The standard InChI is InChI=1S/C12H15F2NO2S.C4H11NOS.C2H6/c1-12(2,3)18(16)15-8-9-5-4-6-10(7-9)17-11(13)14;1-4(2,3)7(5)6;1-2/h4-8,11H,1-3H3;5H2,1-3H3;1-2H3/b15-8+;;. The highest BCUT2D eigenvalue weighted by Crippen LogP contribution is 2.16. The minimum Gasteiger partial charge on any atom is -0.435 e. The van der Waals surface area contributed by atoms with E-state index >= 15 is 0 Å². The van der Waals surface area contributed by atoms with E-state index in [9.17, 15) is 17.2 Å². The van der Waals surface area contributed by atoms with Crippen LogP contribution < -0.4 is 9.88 Å². The molecule has 0 aliphatic carbocycles. The normalized spacial score (nSPS) is 13.9. The Morgan fingerprint density at radius 3 is 1.93 bits per heavy atom. The van der Waals surface area contributed by atoms with Crippen LogP contribution in [0.2, 0.25) is 0 Å². The van der Waals surface area contributed by atoms with Crippen LogP contribution in [0.15, 0.2) is 28.7 Å². The Morgan fingerprint density at radius 1 is 1.07 bits per heavy atom.